The van der Waals surface area contributed by atoms with Crippen LogP contribution in [-0.2, 0) is 19.3 Å². The van der Waals surface area contributed by atoms with Crippen molar-refractivity contribution in [2.45, 2.75) is 46.0 Å². The second-order valence-electron chi connectivity index (χ2n) is 6.63. The number of benzene rings is 1. The number of rotatable bonds is 4. The van der Waals surface area contributed by atoms with Crippen LogP contribution in [-0.4, -0.2) is 26.1 Å². The lowest BCUT2D eigenvalue weighted by molar-refractivity contribution is 0.660. The number of fused-ring (bicyclic) bond motifs is 2. The first-order valence-electron chi connectivity index (χ1n) is 8.75. The normalized spacial score (nSPS) is 13.9. The van der Waals surface area contributed by atoms with Gasteiger partial charge in [0.25, 0.3) is 5.78 Å². The van der Waals surface area contributed by atoms with Crippen LogP contribution in [0.1, 0.15) is 41.1 Å². The van der Waals surface area contributed by atoms with Gasteiger partial charge in [0.05, 0.1) is 5.69 Å². The molecule has 1 aliphatic rings. The van der Waals surface area contributed by atoms with Crippen molar-refractivity contribution in [2.75, 3.05) is 11.9 Å². The van der Waals surface area contributed by atoms with Crippen molar-refractivity contribution in [3.05, 3.63) is 52.5 Å². The summed E-state index contributed by atoms with van der Waals surface area (Å²) in [6.45, 7) is 4.92. The van der Waals surface area contributed by atoms with Gasteiger partial charge in [0.2, 0.25) is 0 Å². The predicted octanol–water partition coefficient (Wildman–Crippen LogP) is 3.27. The van der Waals surface area contributed by atoms with Crippen molar-refractivity contribution in [3.8, 4) is 0 Å². The Morgan fingerprint density at radius 2 is 1.83 bits per heavy atom. The number of hydrogen-bond acceptors (Lipinski definition) is 4. The number of nitrogens with one attached hydrogen (secondary N) is 1. The van der Waals surface area contributed by atoms with Crippen LogP contribution in [0.25, 0.3) is 5.78 Å². The molecule has 5 heteroatoms. The Bertz CT molecular complexity index is 864. The van der Waals surface area contributed by atoms with Crippen molar-refractivity contribution < 1.29 is 0 Å². The second kappa shape index (κ2) is 6.23. The summed E-state index contributed by atoms with van der Waals surface area (Å²) in [6.07, 6.45) is 5.55. The number of nitrogens with zero attached hydrogens (tertiary/aromatic N) is 4. The fourth-order valence-electron chi connectivity index (χ4n) is 3.40. The third-order valence-corrected chi connectivity index (χ3v) is 4.69. The van der Waals surface area contributed by atoms with E-state index in [0.29, 0.717) is 5.78 Å². The van der Waals surface area contributed by atoms with Crippen LogP contribution in [0.15, 0.2) is 24.3 Å². The van der Waals surface area contributed by atoms with E-state index in [0.717, 1.165) is 37.4 Å². The molecule has 1 N–H and O–H groups in total. The van der Waals surface area contributed by atoms with Crippen LogP contribution in [0.5, 0.6) is 0 Å². The van der Waals surface area contributed by atoms with Gasteiger partial charge in [-0.2, -0.15) is 9.50 Å². The van der Waals surface area contributed by atoms with Crippen LogP contribution in [0.2, 0.25) is 0 Å². The van der Waals surface area contributed by atoms with Gasteiger partial charge in [-0.25, -0.2) is 4.98 Å². The lowest BCUT2D eigenvalue weighted by atomic mass is 9.96. The molecule has 1 aromatic carbocycles. The van der Waals surface area contributed by atoms with Crippen molar-refractivity contribution >= 4 is 11.6 Å². The van der Waals surface area contributed by atoms with E-state index < -0.39 is 0 Å². The van der Waals surface area contributed by atoms with Gasteiger partial charge in [-0.1, -0.05) is 29.8 Å². The molecular formula is C19H23N5. The first kappa shape index (κ1) is 15.1. The molecule has 0 saturated carbocycles. The molecule has 2 aromatic heterocycles. The van der Waals surface area contributed by atoms with Gasteiger partial charge in [0, 0.05) is 12.1 Å². The zero-order valence-corrected chi connectivity index (χ0v) is 14.3. The number of anilines is 1. The molecule has 5 nitrogen and oxygen atoms in total. The highest BCUT2D eigenvalue weighted by molar-refractivity contribution is 5.54. The van der Waals surface area contributed by atoms with Gasteiger partial charge in [-0.05, 0) is 51.5 Å². The molecule has 1 aliphatic carbocycles. The SMILES string of the molecule is Cc1ccc(CCNc2c3c(nc4nc(C)nn24)CCCC3)cc1. The minimum absolute atomic E-state index is 0.714. The van der Waals surface area contributed by atoms with Gasteiger partial charge < -0.3 is 5.32 Å². The summed E-state index contributed by atoms with van der Waals surface area (Å²) in [5, 5.41) is 8.15. The standard InChI is InChI=1S/C19H23N5/c1-13-7-9-15(10-8-13)11-12-20-18-16-5-3-4-6-17(16)22-19-21-14(2)23-24(18)19/h7-10,20H,3-6,11-12H2,1-2H3. The lowest BCUT2D eigenvalue weighted by Gasteiger charge is -2.20. The van der Waals surface area contributed by atoms with Gasteiger partial charge in [0.1, 0.15) is 11.6 Å². The summed E-state index contributed by atoms with van der Waals surface area (Å²) < 4.78 is 1.88. The minimum atomic E-state index is 0.714. The zero-order valence-electron chi connectivity index (χ0n) is 14.3. The maximum absolute atomic E-state index is 4.72. The topological polar surface area (TPSA) is 55.1 Å². The molecule has 0 atom stereocenters. The van der Waals surface area contributed by atoms with Crippen molar-refractivity contribution in [1.29, 1.82) is 0 Å². The maximum atomic E-state index is 4.72. The maximum Gasteiger partial charge on any atom is 0.254 e. The second-order valence-corrected chi connectivity index (χ2v) is 6.63. The largest absolute Gasteiger partial charge is 0.369 e. The Morgan fingerprint density at radius 3 is 2.67 bits per heavy atom. The highest BCUT2D eigenvalue weighted by Gasteiger charge is 2.19. The molecule has 124 valence electrons. The smallest absolute Gasteiger partial charge is 0.254 e. The van der Waals surface area contributed by atoms with Crippen LogP contribution in [0.3, 0.4) is 0 Å². The summed E-state index contributed by atoms with van der Waals surface area (Å²) in [5.74, 6) is 2.57. The molecule has 0 amide bonds. The van der Waals surface area contributed by atoms with E-state index in [4.69, 9.17) is 4.98 Å². The summed E-state index contributed by atoms with van der Waals surface area (Å²) in [5.41, 5.74) is 5.17. The summed E-state index contributed by atoms with van der Waals surface area (Å²) >= 11 is 0. The molecule has 0 saturated heterocycles. The van der Waals surface area contributed by atoms with Crippen molar-refractivity contribution in [2.24, 2.45) is 0 Å². The quantitative estimate of drug-likeness (QED) is 0.801. The number of aryl methyl sites for hydroxylation is 3. The van der Waals surface area contributed by atoms with E-state index in [1.807, 2.05) is 11.4 Å². The first-order chi connectivity index (χ1) is 11.7. The van der Waals surface area contributed by atoms with E-state index in [2.05, 4.69) is 46.6 Å². The Kier molecular flexibility index (Phi) is 3.92. The number of aromatic nitrogens is 4. The fraction of sp³-hybridized carbons (Fsp3) is 0.421. The molecule has 2 heterocycles. The van der Waals surface area contributed by atoms with Crippen LogP contribution in [0, 0.1) is 13.8 Å². The number of hydrogen-bond donors (Lipinski definition) is 1. The van der Waals surface area contributed by atoms with E-state index in [1.165, 1.54) is 35.2 Å². The molecule has 0 aliphatic heterocycles. The van der Waals surface area contributed by atoms with Gasteiger partial charge in [0.15, 0.2) is 0 Å². The molecule has 0 radical (unpaired) electrons. The molecule has 0 spiro atoms. The predicted molar refractivity (Wildman–Crippen MR) is 95.5 cm³/mol. The van der Waals surface area contributed by atoms with Crippen LogP contribution < -0.4 is 5.32 Å². The third kappa shape index (κ3) is 2.86. The monoisotopic (exact) mass is 321 g/mol. The highest BCUT2D eigenvalue weighted by atomic mass is 15.4. The van der Waals surface area contributed by atoms with E-state index >= 15 is 0 Å². The lowest BCUT2D eigenvalue weighted by Crippen LogP contribution is -2.17. The van der Waals surface area contributed by atoms with Crippen LogP contribution >= 0.6 is 0 Å². The molecule has 0 unspecified atom stereocenters. The van der Waals surface area contributed by atoms with Gasteiger partial charge in [-0.15, -0.1) is 5.10 Å². The first-order valence-corrected chi connectivity index (χ1v) is 8.75. The van der Waals surface area contributed by atoms with Crippen LogP contribution in [0.4, 0.5) is 5.82 Å². The van der Waals surface area contributed by atoms with E-state index in [9.17, 15) is 0 Å². The Balaban J connectivity index is 1.61. The minimum Gasteiger partial charge on any atom is -0.369 e. The fourth-order valence-corrected chi connectivity index (χ4v) is 3.40. The summed E-state index contributed by atoms with van der Waals surface area (Å²) in [4.78, 5) is 9.18. The summed E-state index contributed by atoms with van der Waals surface area (Å²) in [6, 6.07) is 8.74. The molecule has 0 fully saturated rings. The molecule has 3 aromatic rings. The van der Waals surface area contributed by atoms with E-state index in [1.54, 1.807) is 0 Å². The third-order valence-electron chi connectivity index (χ3n) is 4.69. The molecule has 4 rings (SSSR count). The summed E-state index contributed by atoms with van der Waals surface area (Å²) in [7, 11) is 0. The average molecular weight is 321 g/mol. The highest BCUT2D eigenvalue weighted by Crippen LogP contribution is 2.27. The van der Waals surface area contributed by atoms with Crippen molar-refractivity contribution in [1.82, 2.24) is 19.6 Å². The van der Waals surface area contributed by atoms with E-state index in [-0.39, 0.29) is 0 Å². The Labute approximate surface area is 142 Å². The Hall–Kier alpha value is -2.43. The van der Waals surface area contributed by atoms with Gasteiger partial charge in [-0.3, -0.25) is 0 Å². The average Bonchev–Trinajstić information content (AvgIpc) is 2.96. The van der Waals surface area contributed by atoms with Gasteiger partial charge >= 0.3 is 0 Å². The molecule has 0 bridgehead atoms. The zero-order chi connectivity index (χ0) is 16.5. The molecule has 24 heavy (non-hydrogen) atoms. The molecular weight excluding hydrogens is 298 g/mol. The Morgan fingerprint density at radius 1 is 1.04 bits per heavy atom. The van der Waals surface area contributed by atoms with Crippen molar-refractivity contribution in [3.63, 3.8) is 0 Å².